The summed E-state index contributed by atoms with van der Waals surface area (Å²) in [6, 6.07) is 4.13. The summed E-state index contributed by atoms with van der Waals surface area (Å²) < 4.78 is 0. The van der Waals surface area contributed by atoms with Crippen molar-refractivity contribution in [2.45, 2.75) is 13.5 Å². The van der Waals surface area contributed by atoms with Gasteiger partial charge in [-0.25, -0.2) is 4.79 Å². The predicted molar refractivity (Wildman–Crippen MR) is 71.2 cm³/mol. The molecule has 1 aliphatic rings. The van der Waals surface area contributed by atoms with E-state index in [-0.39, 0.29) is 24.7 Å². The highest BCUT2D eigenvalue weighted by molar-refractivity contribution is 6.01. The van der Waals surface area contributed by atoms with Gasteiger partial charge in [0, 0.05) is 12.6 Å². The number of amides is 3. The Morgan fingerprint density at radius 2 is 2.20 bits per heavy atom. The number of nitrogens with zero attached hydrogens (tertiary/aromatic N) is 2. The number of benzene rings is 1. The maximum absolute atomic E-state index is 11.5. The topological polar surface area (TPSA) is 105 Å². The number of nitrogens with one attached hydrogen (secondary N) is 2. The van der Waals surface area contributed by atoms with Gasteiger partial charge in [-0.15, -0.1) is 0 Å². The maximum atomic E-state index is 11.5. The zero-order chi connectivity index (χ0) is 14.7. The molecule has 0 bridgehead atoms. The van der Waals surface area contributed by atoms with Gasteiger partial charge in [-0.2, -0.15) is 0 Å². The second kappa shape index (κ2) is 5.55. The SMILES string of the molecule is CCNc1ccc(CN2C(=O)CNC2=O)cc1[N+](=O)[O-]. The summed E-state index contributed by atoms with van der Waals surface area (Å²) in [6.45, 7) is 2.40. The Hall–Kier alpha value is -2.64. The van der Waals surface area contributed by atoms with Gasteiger partial charge in [0.15, 0.2) is 0 Å². The molecule has 106 valence electrons. The third kappa shape index (κ3) is 2.68. The van der Waals surface area contributed by atoms with Gasteiger partial charge in [-0.1, -0.05) is 6.07 Å². The Morgan fingerprint density at radius 1 is 1.45 bits per heavy atom. The number of carbonyl (C=O) groups is 2. The number of anilines is 1. The van der Waals surface area contributed by atoms with Gasteiger partial charge >= 0.3 is 6.03 Å². The monoisotopic (exact) mass is 278 g/mol. The van der Waals surface area contributed by atoms with E-state index in [1.165, 1.54) is 6.07 Å². The van der Waals surface area contributed by atoms with E-state index < -0.39 is 11.0 Å². The molecule has 0 spiro atoms. The van der Waals surface area contributed by atoms with Crippen LogP contribution in [0.15, 0.2) is 18.2 Å². The lowest BCUT2D eigenvalue weighted by atomic mass is 10.1. The van der Waals surface area contributed by atoms with Crippen LogP contribution in [0.3, 0.4) is 0 Å². The summed E-state index contributed by atoms with van der Waals surface area (Å²) in [5, 5.41) is 16.3. The zero-order valence-corrected chi connectivity index (χ0v) is 10.9. The van der Waals surface area contributed by atoms with Crippen molar-refractivity contribution >= 4 is 23.3 Å². The van der Waals surface area contributed by atoms with Crippen LogP contribution in [0.1, 0.15) is 12.5 Å². The van der Waals surface area contributed by atoms with Crippen LogP contribution in [0.25, 0.3) is 0 Å². The van der Waals surface area contributed by atoms with E-state index in [4.69, 9.17) is 0 Å². The number of nitro benzene ring substituents is 1. The molecule has 0 aliphatic carbocycles. The molecule has 0 atom stereocenters. The molecule has 2 rings (SSSR count). The molecule has 0 unspecified atom stereocenters. The average molecular weight is 278 g/mol. The number of urea groups is 1. The molecule has 1 aromatic carbocycles. The van der Waals surface area contributed by atoms with Crippen molar-refractivity contribution in [2.24, 2.45) is 0 Å². The van der Waals surface area contributed by atoms with Crippen molar-refractivity contribution in [2.75, 3.05) is 18.4 Å². The fourth-order valence-electron chi connectivity index (χ4n) is 1.96. The minimum atomic E-state index is -0.493. The Balaban J connectivity index is 2.25. The number of imide groups is 1. The van der Waals surface area contributed by atoms with Crippen LogP contribution in [-0.4, -0.2) is 34.9 Å². The highest BCUT2D eigenvalue weighted by Gasteiger charge is 2.28. The lowest BCUT2D eigenvalue weighted by Crippen LogP contribution is -2.30. The molecule has 0 saturated carbocycles. The molecule has 1 fully saturated rings. The minimum Gasteiger partial charge on any atom is -0.380 e. The summed E-state index contributed by atoms with van der Waals surface area (Å²) in [5.41, 5.74) is 0.874. The fourth-order valence-corrected chi connectivity index (χ4v) is 1.96. The van der Waals surface area contributed by atoms with E-state index in [2.05, 4.69) is 10.6 Å². The van der Waals surface area contributed by atoms with Gasteiger partial charge in [0.2, 0.25) is 5.91 Å². The highest BCUT2D eigenvalue weighted by Crippen LogP contribution is 2.26. The molecule has 1 heterocycles. The molecule has 20 heavy (non-hydrogen) atoms. The second-order valence-corrected chi connectivity index (χ2v) is 4.28. The molecule has 8 heteroatoms. The first kappa shape index (κ1) is 13.8. The lowest BCUT2D eigenvalue weighted by Gasteiger charge is -2.13. The van der Waals surface area contributed by atoms with Gasteiger partial charge in [-0.05, 0) is 18.6 Å². The number of nitro groups is 1. The fraction of sp³-hybridized carbons (Fsp3) is 0.333. The Morgan fingerprint density at radius 3 is 2.75 bits per heavy atom. The van der Waals surface area contributed by atoms with Crippen LogP contribution in [-0.2, 0) is 11.3 Å². The van der Waals surface area contributed by atoms with Crippen LogP contribution in [0.2, 0.25) is 0 Å². The van der Waals surface area contributed by atoms with E-state index in [1.807, 2.05) is 6.92 Å². The van der Waals surface area contributed by atoms with Gasteiger partial charge in [0.25, 0.3) is 5.69 Å². The molecule has 1 saturated heterocycles. The van der Waals surface area contributed by atoms with E-state index in [0.29, 0.717) is 17.8 Å². The summed E-state index contributed by atoms with van der Waals surface area (Å²) in [5.74, 6) is -0.339. The molecular formula is C12H14N4O4. The largest absolute Gasteiger partial charge is 0.380 e. The molecule has 0 aromatic heterocycles. The van der Waals surface area contributed by atoms with Crippen LogP contribution in [0, 0.1) is 10.1 Å². The predicted octanol–water partition coefficient (Wildman–Crippen LogP) is 1.08. The third-order valence-corrected chi connectivity index (χ3v) is 2.90. The lowest BCUT2D eigenvalue weighted by molar-refractivity contribution is -0.384. The number of hydrogen-bond acceptors (Lipinski definition) is 5. The van der Waals surface area contributed by atoms with Crippen molar-refractivity contribution in [3.8, 4) is 0 Å². The van der Waals surface area contributed by atoms with Crippen molar-refractivity contribution in [3.63, 3.8) is 0 Å². The van der Waals surface area contributed by atoms with Gasteiger partial charge in [-0.3, -0.25) is 19.8 Å². The van der Waals surface area contributed by atoms with Crippen molar-refractivity contribution < 1.29 is 14.5 Å². The molecular weight excluding hydrogens is 264 g/mol. The summed E-state index contributed by atoms with van der Waals surface area (Å²) >= 11 is 0. The van der Waals surface area contributed by atoms with Crippen molar-refractivity contribution in [3.05, 3.63) is 33.9 Å². The Kier molecular flexibility index (Phi) is 3.83. The van der Waals surface area contributed by atoms with Crippen molar-refractivity contribution in [1.29, 1.82) is 0 Å². The van der Waals surface area contributed by atoms with Crippen molar-refractivity contribution in [1.82, 2.24) is 10.2 Å². The Bertz CT molecular complexity index is 557. The second-order valence-electron chi connectivity index (χ2n) is 4.28. The third-order valence-electron chi connectivity index (χ3n) is 2.90. The van der Waals surface area contributed by atoms with E-state index in [0.717, 1.165) is 4.90 Å². The molecule has 1 aromatic rings. The summed E-state index contributed by atoms with van der Waals surface area (Å²) in [6.07, 6.45) is 0. The average Bonchev–Trinajstić information content (AvgIpc) is 2.72. The van der Waals surface area contributed by atoms with Gasteiger partial charge in [0.05, 0.1) is 18.0 Å². The molecule has 2 N–H and O–H groups in total. The first-order valence-corrected chi connectivity index (χ1v) is 6.12. The Labute approximate surface area is 114 Å². The van der Waals surface area contributed by atoms with Crippen LogP contribution in [0.5, 0.6) is 0 Å². The molecule has 8 nitrogen and oxygen atoms in total. The minimum absolute atomic E-state index is 0.0257. The standard InChI is InChI=1S/C12H14N4O4/c1-2-13-9-4-3-8(5-10(9)16(19)20)7-15-11(17)6-14-12(15)18/h3-5,13H,2,6-7H2,1H3,(H,14,18). The summed E-state index contributed by atoms with van der Waals surface area (Å²) in [7, 11) is 0. The first-order chi connectivity index (χ1) is 9.52. The van der Waals surface area contributed by atoms with E-state index >= 15 is 0 Å². The zero-order valence-electron chi connectivity index (χ0n) is 10.9. The number of hydrogen-bond donors (Lipinski definition) is 2. The molecule has 3 amide bonds. The first-order valence-electron chi connectivity index (χ1n) is 6.12. The number of rotatable bonds is 5. The maximum Gasteiger partial charge on any atom is 0.324 e. The van der Waals surface area contributed by atoms with Gasteiger partial charge < -0.3 is 10.6 Å². The van der Waals surface area contributed by atoms with Crippen LogP contribution >= 0.6 is 0 Å². The van der Waals surface area contributed by atoms with Crippen LogP contribution in [0.4, 0.5) is 16.2 Å². The molecule has 1 aliphatic heterocycles. The van der Waals surface area contributed by atoms with Gasteiger partial charge in [0.1, 0.15) is 5.69 Å². The quantitative estimate of drug-likeness (QED) is 0.476. The summed E-state index contributed by atoms with van der Waals surface area (Å²) in [4.78, 5) is 34.5. The number of carbonyl (C=O) groups excluding carboxylic acids is 2. The van der Waals surface area contributed by atoms with E-state index in [1.54, 1.807) is 12.1 Å². The van der Waals surface area contributed by atoms with E-state index in [9.17, 15) is 19.7 Å². The van der Waals surface area contributed by atoms with Crippen LogP contribution < -0.4 is 10.6 Å². The smallest absolute Gasteiger partial charge is 0.324 e. The highest BCUT2D eigenvalue weighted by atomic mass is 16.6. The molecule has 0 radical (unpaired) electrons. The normalized spacial score (nSPS) is 14.3.